The van der Waals surface area contributed by atoms with Crippen LogP contribution >= 0.6 is 0 Å². The fourth-order valence-corrected chi connectivity index (χ4v) is 0. The van der Waals surface area contributed by atoms with Crippen LogP contribution in [0.5, 0.6) is 0 Å². The highest BCUT2D eigenvalue weighted by Gasteiger charge is 1.32. The maximum absolute atomic E-state index is 7.32. The molecule has 0 unspecified atom stereocenters. The van der Waals surface area contributed by atoms with Crippen molar-refractivity contribution in [3.8, 4) is 12.1 Å². The molecule has 0 aromatic rings. The summed E-state index contributed by atoms with van der Waals surface area (Å²) >= 11 is 0. The van der Waals surface area contributed by atoms with Gasteiger partial charge in [-0.15, -0.1) is 0 Å². The van der Waals surface area contributed by atoms with Gasteiger partial charge in [-0.1, -0.05) is 6.92 Å². The van der Waals surface area contributed by atoms with Crippen molar-refractivity contribution in [3.05, 3.63) is 0 Å². The fourth-order valence-electron chi connectivity index (χ4n) is 0. The minimum atomic E-state index is 0.750. The maximum Gasteiger partial charge on any atom is 0.0587 e. The second kappa shape index (κ2) is 65.1. The molecular formula is C6H13N3. The molecule has 0 aromatic carbocycles. The summed E-state index contributed by atoms with van der Waals surface area (Å²) in [6, 6.07) is 3.50. The van der Waals surface area contributed by atoms with Crippen molar-refractivity contribution in [1.29, 1.82) is 10.5 Å². The molecule has 0 heterocycles. The van der Waals surface area contributed by atoms with E-state index in [1.54, 1.807) is 12.1 Å². The molecule has 0 bridgehead atoms. The second-order valence-electron chi connectivity index (χ2n) is 0.855. The van der Waals surface area contributed by atoms with E-state index in [1.807, 2.05) is 6.92 Å². The predicted molar refractivity (Wildman–Crippen MR) is 37.3 cm³/mol. The van der Waals surface area contributed by atoms with Gasteiger partial charge in [0.15, 0.2) is 0 Å². The number of hydrogen-bond acceptors (Lipinski definition) is 3. The monoisotopic (exact) mass is 127 g/mol. The normalized spacial score (nSPS) is 3.78. The van der Waals surface area contributed by atoms with E-state index in [4.69, 9.17) is 16.3 Å². The molecule has 9 heavy (non-hydrogen) atoms. The summed E-state index contributed by atoms with van der Waals surface area (Å²) in [5, 5.41) is 14.6. The largest absolute Gasteiger partial charge is 0.331 e. The van der Waals surface area contributed by atoms with Crippen LogP contribution in [-0.4, -0.2) is 6.54 Å². The van der Waals surface area contributed by atoms with Gasteiger partial charge in [0.25, 0.3) is 0 Å². The molecule has 0 aliphatic heterocycles. The SMILES string of the molecule is CC#N.CC#N.CCN. The van der Waals surface area contributed by atoms with Crippen LogP contribution in [0, 0.1) is 22.7 Å². The minimum absolute atomic E-state index is 0.750. The van der Waals surface area contributed by atoms with Crippen molar-refractivity contribution >= 4 is 0 Å². The summed E-state index contributed by atoms with van der Waals surface area (Å²) in [6.45, 7) is 5.51. The van der Waals surface area contributed by atoms with E-state index in [9.17, 15) is 0 Å². The zero-order chi connectivity index (χ0) is 8.12. The molecule has 52 valence electrons. The smallest absolute Gasteiger partial charge is 0.0587 e. The summed E-state index contributed by atoms with van der Waals surface area (Å²) in [5.74, 6) is 0. The Morgan fingerprint density at radius 3 is 1.22 bits per heavy atom. The summed E-state index contributed by atoms with van der Waals surface area (Å²) in [7, 11) is 0. The molecular weight excluding hydrogens is 114 g/mol. The molecule has 0 rings (SSSR count). The topological polar surface area (TPSA) is 73.6 Å². The lowest BCUT2D eigenvalue weighted by atomic mass is 10.8. The lowest BCUT2D eigenvalue weighted by molar-refractivity contribution is 1.14. The van der Waals surface area contributed by atoms with Crippen LogP contribution in [0.3, 0.4) is 0 Å². The first-order chi connectivity index (χ1) is 4.24. The number of nitrogens with zero attached hydrogens (tertiary/aromatic N) is 2. The van der Waals surface area contributed by atoms with E-state index in [-0.39, 0.29) is 0 Å². The number of nitriles is 2. The third-order valence-corrected chi connectivity index (χ3v) is 0. The van der Waals surface area contributed by atoms with Gasteiger partial charge in [-0.3, -0.25) is 0 Å². The molecule has 0 spiro atoms. The van der Waals surface area contributed by atoms with Crippen LogP contribution in [-0.2, 0) is 0 Å². The maximum atomic E-state index is 7.32. The standard InChI is InChI=1S/C2H7N.2C2H3N/c3*1-2-3/h2-3H2,1H3;2*1H3. The van der Waals surface area contributed by atoms with E-state index in [0.717, 1.165) is 6.54 Å². The fraction of sp³-hybridized carbons (Fsp3) is 0.667. The lowest BCUT2D eigenvalue weighted by Gasteiger charge is -1.53. The Balaban J connectivity index is -0.0000000600. The van der Waals surface area contributed by atoms with Crippen LogP contribution in [0.1, 0.15) is 20.8 Å². The Morgan fingerprint density at radius 2 is 1.22 bits per heavy atom. The van der Waals surface area contributed by atoms with E-state index in [1.165, 1.54) is 13.8 Å². The predicted octanol–water partition coefficient (Wildman–Crippen LogP) is 1.02. The van der Waals surface area contributed by atoms with E-state index in [0.29, 0.717) is 0 Å². The van der Waals surface area contributed by atoms with Gasteiger partial charge in [0.05, 0.1) is 12.1 Å². The Labute approximate surface area is 56.7 Å². The van der Waals surface area contributed by atoms with Gasteiger partial charge in [-0.25, -0.2) is 0 Å². The molecule has 0 amide bonds. The molecule has 0 aliphatic rings. The Bertz CT molecular complexity index is 73.5. The third kappa shape index (κ3) is 151. The average molecular weight is 127 g/mol. The quantitative estimate of drug-likeness (QED) is 0.528. The van der Waals surface area contributed by atoms with Crippen molar-refractivity contribution in [2.24, 2.45) is 5.73 Å². The first kappa shape index (κ1) is 15.7. The van der Waals surface area contributed by atoms with Crippen molar-refractivity contribution in [3.63, 3.8) is 0 Å². The molecule has 0 fully saturated rings. The number of hydrogen-bond donors (Lipinski definition) is 1. The average Bonchev–Trinajstić information content (AvgIpc) is 1.70. The van der Waals surface area contributed by atoms with Gasteiger partial charge in [0, 0.05) is 13.8 Å². The van der Waals surface area contributed by atoms with Gasteiger partial charge in [-0.2, -0.15) is 10.5 Å². The van der Waals surface area contributed by atoms with Crippen LogP contribution in [0.4, 0.5) is 0 Å². The molecule has 0 radical (unpaired) electrons. The van der Waals surface area contributed by atoms with Crippen molar-refractivity contribution in [2.75, 3.05) is 6.54 Å². The van der Waals surface area contributed by atoms with Crippen molar-refractivity contribution in [1.82, 2.24) is 0 Å². The number of nitrogens with two attached hydrogens (primary N) is 1. The van der Waals surface area contributed by atoms with Gasteiger partial charge in [-0.05, 0) is 6.54 Å². The van der Waals surface area contributed by atoms with Gasteiger partial charge < -0.3 is 5.73 Å². The zero-order valence-electron chi connectivity index (χ0n) is 6.18. The summed E-state index contributed by atoms with van der Waals surface area (Å²) in [5.41, 5.74) is 4.85. The highest BCUT2D eigenvalue weighted by atomic mass is 14.5. The molecule has 2 N–H and O–H groups in total. The van der Waals surface area contributed by atoms with E-state index in [2.05, 4.69) is 0 Å². The highest BCUT2D eigenvalue weighted by Crippen LogP contribution is 1.22. The van der Waals surface area contributed by atoms with Gasteiger partial charge in [0.2, 0.25) is 0 Å². The van der Waals surface area contributed by atoms with Crippen LogP contribution in [0.2, 0.25) is 0 Å². The number of rotatable bonds is 0. The minimum Gasteiger partial charge on any atom is -0.331 e. The summed E-state index contributed by atoms with van der Waals surface area (Å²) in [6.07, 6.45) is 0. The van der Waals surface area contributed by atoms with Crippen LogP contribution in [0.25, 0.3) is 0 Å². The summed E-state index contributed by atoms with van der Waals surface area (Å²) < 4.78 is 0. The second-order valence-corrected chi connectivity index (χ2v) is 0.855. The van der Waals surface area contributed by atoms with Crippen LogP contribution in [0.15, 0.2) is 0 Å². The molecule has 0 saturated heterocycles. The van der Waals surface area contributed by atoms with Crippen molar-refractivity contribution < 1.29 is 0 Å². The molecule has 0 saturated carbocycles. The molecule has 0 aliphatic carbocycles. The lowest BCUT2D eigenvalue weighted by Crippen LogP contribution is -1.87. The molecule has 3 heteroatoms. The third-order valence-electron chi connectivity index (χ3n) is 0. The van der Waals surface area contributed by atoms with Gasteiger partial charge in [0.1, 0.15) is 0 Å². The Kier molecular flexibility index (Phi) is 113. The molecule has 0 aromatic heterocycles. The molecule has 3 nitrogen and oxygen atoms in total. The first-order valence-corrected chi connectivity index (χ1v) is 2.56. The Morgan fingerprint density at radius 1 is 1.22 bits per heavy atom. The van der Waals surface area contributed by atoms with Gasteiger partial charge >= 0.3 is 0 Å². The summed E-state index contributed by atoms with van der Waals surface area (Å²) in [4.78, 5) is 0. The van der Waals surface area contributed by atoms with Crippen LogP contribution < -0.4 is 5.73 Å². The van der Waals surface area contributed by atoms with E-state index < -0.39 is 0 Å². The zero-order valence-corrected chi connectivity index (χ0v) is 6.18. The van der Waals surface area contributed by atoms with E-state index >= 15 is 0 Å². The van der Waals surface area contributed by atoms with Crippen molar-refractivity contribution in [2.45, 2.75) is 20.8 Å². The Hall–Kier alpha value is -1.06. The molecule has 0 atom stereocenters. The highest BCUT2D eigenvalue weighted by molar-refractivity contribution is 4.51. The first-order valence-electron chi connectivity index (χ1n) is 2.56.